The van der Waals surface area contributed by atoms with Gasteiger partial charge in [-0.2, -0.15) is 0 Å². The molecule has 1 aliphatic rings. The van der Waals surface area contributed by atoms with Crippen molar-refractivity contribution in [3.8, 4) is 0 Å². The molecule has 0 saturated heterocycles. The van der Waals surface area contributed by atoms with E-state index in [4.69, 9.17) is 4.74 Å². The second-order valence-electron chi connectivity index (χ2n) is 6.34. The summed E-state index contributed by atoms with van der Waals surface area (Å²) in [6.07, 6.45) is 4.02. The molecule has 2 atom stereocenters. The summed E-state index contributed by atoms with van der Waals surface area (Å²) < 4.78 is 19.0. The van der Waals surface area contributed by atoms with E-state index in [0.29, 0.717) is 18.5 Å². The molecule has 0 bridgehead atoms. The molecule has 1 aliphatic carbocycles. The van der Waals surface area contributed by atoms with Crippen LogP contribution in [0.2, 0.25) is 0 Å². The highest BCUT2D eigenvalue weighted by molar-refractivity contribution is 5.74. The summed E-state index contributed by atoms with van der Waals surface area (Å²) in [7, 11) is 1.52. The van der Waals surface area contributed by atoms with Crippen molar-refractivity contribution in [1.29, 1.82) is 0 Å². The fraction of sp³-hybridized carbons (Fsp3) is 0.611. The van der Waals surface area contributed by atoms with Gasteiger partial charge >= 0.3 is 6.03 Å². The number of hydrogen-bond donors (Lipinski definition) is 3. The molecule has 1 aromatic rings. The van der Waals surface area contributed by atoms with Crippen LogP contribution in [0.4, 0.5) is 9.18 Å². The maximum Gasteiger partial charge on any atom is 0.315 e. The third kappa shape index (κ3) is 5.46. The Morgan fingerprint density at radius 3 is 2.75 bits per heavy atom. The highest BCUT2D eigenvalue weighted by Gasteiger charge is 2.29. The average Bonchev–Trinajstić information content (AvgIpc) is 3.08. The van der Waals surface area contributed by atoms with Crippen LogP contribution >= 0.6 is 0 Å². The van der Waals surface area contributed by atoms with E-state index in [9.17, 15) is 14.3 Å². The molecule has 0 heterocycles. The van der Waals surface area contributed by atoms with Gasteiger partial charge in [0.05, 0.1) is 18.8 Å². The molecule has 1 aromatic carbocycles. The third-order valence-electron chi connectivity index (χ3n) is 4.52. The molecule has 0 radical (unpaired) electrons. The van der Waals surface area contributed by atoms with Crippen LogP contribution in [0.5, 0.6) is 0 Å². The molecule has 134 valence electrons. The second-order valence-corrected chi connectivity index (χ2v) is 6.34. The molecule has 1 saturated carbocycles. The third-order valence-corrected chi connectivity index (χ3v) is 4.52. The number of methoxy groups -OCH3 is 1. The first-order chi connectivity index (χ1) is 11.6. The fourth-order valence-corrected chi connectivity index (χ4v) is 3.29. The van der Waals surface area contributed by atoms with Gasteiger partial charge in [-0.1, -0.05) is 31.0 Å². The lowest BCUT2D eigenvalue weighted by Gasteiger charge is -2.26. The summed E-state index contributed by atoms with van der Waals surface area (Å²) in [6.45, 7) is 0.578. The van der Waals surface area contributed by atoms with E-state index in [1.165, 1.54) is 13.2 Å². The maximum atomic E-state index is 14.2. The van der Waals surface area contributed by atoms with Crippen molar-refractivity contribution in [3.63, 3.8) is 0 Å². The Kier molecular flexibility index (Phi) is 7.46. The first-order valence-electron chi connectivity index (χ1n) is 8.57. The quantitative estimate of drug-likeness (QED) is 0.682. The molecule has 6 heteroatoms. The number of nitrogens with one attached hydrogen (secondary N) is 2. The lowest BCUT2D eigenvalue weighted by atomic mass is 9.91. The van der Waals surface area contributed by atoms with Gasteiger partial charge in [0.1, 0.15) is 5.82 Å². The van der Waals surface area contributed by atoms with Crippen LogP contribution in [0, 0.1) is 11.7 Å². The van der Waals surface area contributed by atoms with E-state index in [2.05, 4.69) is 10.6 Å². The van der Waals surface area contributed by atoms with Gasteiger partial charge in [-0.05, 0) is 31.2 Å². The standard InChI is InChI=1S/C18H27FN2O3/c1-24-12-14(22)10-11-20-18(23)21-17(13-6-2-3-7-13)15-8-4-5-9-16(15)19/h4-5,8-9,13-14,17,22H,2-3,6-7,10-12H2,1H3,(H2,20,21,23). The first-order valence-corrected chi connectivity index (χ1v) is 8.57. The summed E-state index contributed by atoms with van der Waals surface area (Å²) in [6, 6.07) is 5.96. The van der Waals surface area contributed by atoms with Crippen molar-refractivity contribution in [1.82, 2.24) is 10.6 Å². The Morgan fingerprint density at radius 1 is 1.38 bits per heavy atom. The van der Waals surface area contributed by atoms with E-state index in [-0.39, 0.29) is 30.4 Å². The lowest BCUT2D eigenvalue weighted by molar-refractivity contribution is 0.0598. The van der Waals surface area contributed by atoms with Crippen LogP contribution in [0.1, 0.15) is 43.7 Å². The number of aliphatic hydroxyl groups excluding tert-OH is 1. The smallest absolute Gasteiger partial charge is 0.315 e. The number of benzene rings is 1. The zero-order valence-corrected chi connectivity index (χ0v) is 14.1. The lowest BCUT2D eigenvalue weighted by Crippen LogP contribution is -2.41. The number of aliphatic hydroxyl groups is 1. The molecule has 3 N–H and O–H groups in total. The fourth-order valence-electron chi connectivity index (χ4n) is 3.29. The Morgan fingerprint density at radius 2 is 2.08 bits per heavy atom. The largest absolute Gasteiger partial charge is 0.391 e. The summed E-state index contributed by atoms with van der Waals surface area (Å²) >= 11 is 0. The van der Waals surface area contributed by atoms with Gasteiger partial charge in [-0.3, -0.25) is 0 Å². The number of ether oxygens (including phenoxy) is 1. The average molecular weight is 338 g/mol. The molecule has 0 spiro atoms. The number of hydrogen-bond acceptors (Lipinski definition) is 3. The van der Waals surface area contributed by atoms with Crippen LogP contribution in [-0.4, -0.2) is 37.5 Å². The number of carbonyl (C=O) groups excluding carboxylic acids is 1. The van der Waals surface area contributed by atoms with Crippen LogP contribution in [0.3, 0.4) is 0 Å². The van der Waals surface area contributed by atoms with Crippen molar-refractivity contribution < 1.29 is 19.0 Å². The molecule has 1 fully saturated rings. The molecule has 2 rings (SSSR count). The van der Waals surface area contributed by atoms with Crippen molar-refractivity contribution >= 4 is 6.03 Å². The highest BCUT2D eigenvalue weighted by Crippen LogP contribution is 2.36. The van der Waals surface area contributed by atoms with Gasteiger partial charge in [0.15, 0.2) is 0 Å². The minimum atomic E-state index is -0.604. The van der Waals surface area contributed by atoms with Crippen LogP contribution < -0.4 is 10.6 Å². The summed E-state index contributed by atoms with van der Waals surface area (Å²) in [4.78, 5) is 12.2. The minimum Gasteiger partial charge on any atom is -0.391 e. The minimum absolute atomic E-state index is 0.239. The van der Waals surface area contributed by atoms with E-state index in [0.717, 1.165) is 25.7 Å². The van der Waals surface area contributed by atoms with E-state index in [1.807, 2.05) is 0 Å². The van der Waals surface area contributed by atoms with E-state index < -0.39 is 6.10 Å². The Labute approximate surface area is 142 Å². The molecule has 2 amide bonds. The number of carbonyl (C=O) groups is 1. The van der Waals surface area contributed by atoms with Crippen LogP contribution in [0.25, 0.3) is 0 Å². The van der Waals surface area contributed by atoms with Gasteiger partial charge in [0.25, 0.3) is 0 Å². The number of halogens is 1. The predicted molar refractivity (Wildman–Crippen MR) is 90.1 cm³/mol. The molecule has 5 nitrogen and oxygen atoms in total. The van der Waals surface area contributed by atoms with Crippen LogP contribution in [-0.2, 0) is 4.74 Å². The van der Waals surface area contributed by atoms with Gasteiger partial charge in [0.2, 0.25) is 0 Å². The van der Waals surface area contributed by atoms with Gasteiger partial charge in [-0.15, -0.1) is 0 Å². The predicted octanol–water partition coefficient (Wildman–Crippen LogP) is 2.75. The SMILES string of the molecule is COCC(O)CCNC(=O)NC(c1ccccc1F)C1CCCC1. The molecule has 0 aromatic heterocycles. The Balaban J connectivity index is 1.93. The summed E-state index contributed by atoms with van der Waals surface area (Å²) in [5, 5.41) is 15.2. The first kappa shape index (κ1) is 18.7. The van der Waals surface area contributed by atoms with Crippen molar-refractivity contribution in [2.45, 2.75) is 44.2 Å². The topological polar surface area (TPSA) is 70.6 Å². The highest BCUT2D eigenvalue weighted by atomic mass is 19.1. The number of rotatable bonds is 8. The molecular formula is C18H27FN2O3. The Hall–Kier alpha value is -1.66. The molecule has 0 aliphatic heterocycles. The van der Waals surface area contributed by atoms with Crippen molar-refractivity contribution in [2.24, 2.45) is 5.92 Å². The van der Waals surface area contributed by atoms with Gasteiger partial charge in [0, 0.05) is 19.2 Å². The van der Waals surface area contributed by atoms with E-state index >= 15 is 0 Å². The van der Waals surface area contributed by atoms with Gasteiger partial charge < -0.3 is 20.5 Å². The Bertz CT molecular complexity index is 521. The zero-order chi connectivity index (χ0) is 17.4. The maximum absolute atomic E-state index is 14.2. The van der Waals surface area contributed by atoms with Crippen molar-refractivity contribution in [2.75, 3.05) is 20.3 Å². The zero-order valence-electron chi connectivity index (χ0n) is 14.1. The molecule has 24 heavy (non-hydrogen) atoms. The second kappa shape index (κ2) is 9.59. The number of urea groups is 1. The summed E-state index contributed by atoms with van der Waals surface area (Å²) in [5.74, 6) is -0.0306. The summed E-state index contributed by atoms with van der Waals surface area (Å²) in [5.41, 5.74) is 0.541. The molecular weight excluding hydrogens is 311 g/mol. The monoisotopic (exact) mass is 338 g/mol. The van der Waals surface area contributed by atoms with E-state index in [1.54, 1.807) is 18.2 Å². The normalized spacial score (nSPS) is 17.5. The van der Waals surface area contributed by atoms with Crippen molar-refractivity contribution in [3.05, 3.63) is 35.6 Å². The van der Waals surface area contributed by atoms with Crippen LogP contribution in [0.15, 0.2) is 24.3 Å². The van der Waals surface area contributed by atoms with Gasteiger partial charge in [-0.25, -0.2) is 9.18 Å². The number of amides is 2. The molecule has 2 unspecified atom stereocenters.